The minimum absolute atomic E-state index is 0.151. The van der Waals surface area contributed by atoms with E-state index in [1.807, 2.05) is 24.3 Å². The molecule has 2 N–H and O–H groups in total. The maximum atomic E-state index is 13.9. The number of hydrogen-bond donors (Lipinski definition) is 2. The first-order valence-electron chi connectivity index (χ1n) is 13.4. The fourth-order valence-electron chi connectivity index (χ4n) is 6.00. The van der Waals surface area contributed by atoms with Gasteiger partial charge in [0.05, 0.1) is 42.0 Å². The quantitative estimate of drug-likeness (QED) is 0.358. The summed E-state index contributed by atoms with van der Waals surface area (Å²) in [6, 6.07) is 10.3. The van der Waals surface area contributed by atoms with Crippen molar-refractivity contribution in [3.05, 3.63) is 77.0 Å². The summed E-state index contributed by atoms with van der Waals surface area (Å²) in [7, 11) is 0. The highest BCUT2D eigenvalue weighted by molar-refractivity contribution is 6.06. The number of carbonyl (C=O) groups excluding carboxylic acids is 1. The fourth-order valence-corrected chi connectivity index (χ4v) is 6.00. The Kier molecular flexibility index (Phi) is 6.01. The van der Waals surface area contributed by atoms with Crippen LogP contribution in [0.15, 0.2) is 48.8 Å². The number of pyridine rings is 2. The Hall–Kier alpha value is -3.96. The van der Waals surface area contributed by atoms with Crippen LogP contribution in [0.1, 0.15) is 45.9 Å². The number of nitrogens with one attached hydrogen (secondary N) is 2. The zero-order valence-corrected chi connectivity index (χ0v) is 21.6. The van der Waals surface area contributed by atoms with E-state index < -0.39 is 5.92 Å². The van der Waals surface area contributed by atoms with Gasteiger partial charge in [-0.3, -0.25) is 14.1 Å². The normalized spacial score (nSPS) is 20.3. The second-order valence-electron chi connectivity index (χ2n) is 10.6. The summed E-state index contributed by atoms with van der Waals surface area (Å²) in [5, 5.41) is 6.21. The third kappa shape index (κ3) is 4.48. The maximum absolute atomic E-state index is 13.9. The molecule has 6 heterocycles. The van der Waals surface area contributed by atoms with Gasteiger partial charge in [-0.15, -0.1) is 0 Å². The number of hydrogen-bond acceptors (Lipinski definition) is 6. The molecule has 0 radical (unpaired) electrons. The van der Waals surface area contributed by atoms with E-state index in [0.717, 1.165) is 34.5 Å². The van der Waals surface area contributed by atoms with Crippen LogP contribution in [0, 0.1) is 5.82 Å². The average Bonchev–Trinajstić information content (AvgIpc) is 3.72. The zero-order chi connectivity index (χ0) is 27.4. The van der Waals surface area contributed by atoms with Gasteiger partial charge in [0, 0.05) is 56.4 Å². The Morgan fingerprint density at radius 1 is 1.20 bits per heavy atom. The number of ether oxygens (including phenoxy) is 1. The van der Waals surface area contributed by atoms with E-state index in [0.29, 0.717) is 55.6 Å². The van der Waals surface area contributed by atoms with Gasteiger partial charge in [-0.25, -0.2) is 23.1 Å². The fraction of sp³-hybridized carbons (Fsp3) is 0.345. The summed E-state index contributed by atoms with van der Waals surface area (Å²) in [6.07, 6.45) is 4.00. The lowest BCUT2D eigenvalue weighted by molar-refractivity contribution is 0.0113. The summed E-state index contributed by atoms with van der Waals surface area (Å²) in [6.45, 7) is 1.96. The third-order valence-electron chi connectivity index (χ3n) is 7.98. The lowest BCUT2D eigenvalue weighted by atomic mass is 9.96. The first-order chi connectivity index (χ1) is 19.3. The molecular weight excluding hydrogens is 521 g/mol. The van der Waals surface area contributed by atoms with Gasteiger partial charge in [0.15, 0.2) is 0 Å². The number of nitrogens with zero attached hydrogens (tertiary/aromatic N) is 4. The van der Waals surface area contributed by atoms with Crippen LogP contribution in [0.4, 0.5) is 24.7 Å². The van der Waals surface area contributed by atoms with E-state index in [-0.39, 0.29) is 30.6 Å². The molecule has 2 saturated heterocycles. The molecule has 0 spiro atoms. The van der Waals surface area contributed by atoms with Crippen molar-refractivity contribution in [3.63, 3.8) is 0 Å². The number of aromatic nitrogens is 3. The molecule has 3 aliphatic rings. The highest BCUT2D eigenvalue weighted by Crippen LogP contribution is 2.37. The van der Waals surface area contributed by atoms with Gasteiger partial charge in [-0.1, -0.05) is 12.1 Å². The van der Waals surface area contributed by atoms with Crippen LogP contribution < -0.4 is 10.6 Å². The largest absolute Gasteiger partial charge is 0.381 e. The van der Waals surface area contributed by atoms with Gasteiger partial charge in [-0.05, 0) is 35.7 Å². The summed E-state index contributed by atoms with van der Waals surface area (Å²) in [5.41, 5.74) is 5.71. The number of benzene rings is 1. The molecule has 40 heavy (non-hydrogen) atoms. The number of fused-ring (bicyclic) bond motifs is 2. The second-order valence-corrected chi connectivity index (χ2v) is 10.6. The van der Waals surface area contributed by atoms with E-state index in [2.05, 4.69) is 15.6 Å². The Morgan fingerprint density at radius 2 is 2.10 bits per heavy atom. The Morgan fingerprint density at radius 3 is 2.90 bits per heavy atom. The van der Waals surface area contributed by atoms with Crippen LogP contribution in [-0.2, 0) is 17.8 Å². The van der Waals surface area contributed by atoms with E-state index >= 15 is 0 Å². The van der Waals surface area contributed by atoms with Crippen LogP contribution in [0.25, 0.3) is 16.9 Å². The van der Waals surface area contributed by atoms with Crippen molar-refractivity contribution in [2.24, 2.45) is 0 Å². The van der Waals surface area contributed by atoms with Gasteiger partial charge >= 0.3 is 0 Å². The highest BCUT2D eigenvalue weighted by atomic mass is 19.3. The molecule has 2 fully saturated rings. The number of rotatable bonds is 6. The molecule has 1 unspecified atom stereocenters. The molecule has 1 atom stereocenters. The van der Waals surface area contributed by atoms with Crippen molar-refractivity contribution < 1.29 is 22.7 Å². The standard InChI is InChI=1S/C29H27F3N6O2/c30-18-5-8-38-24(13-33-26(38)11-18)20-1-3-22(27-21(20)12-34-28(27)39)35-25-4-2-19(17-6-10-40-15-17)23(36-25)14-37-9-7-29(31,32)16-37/h1-5,8,11,13,17H,6-7,9-10,12,14-16H2,(H,34,39)(H,35,36). The number of anilines is 2. The number of halogens is 3. The van der Waals surface area contributed by atoms with Gasteiger partial charge < -0.3 is 15.4 Å². The van der Waals surface area contributed by atoms with Crippen molar-refractivity contribution in [2.45, 2.75) is 37.8 Å². The van der Waals surface area contributed by atoms with Crippen molar-refractivity contribution in [1.29, 1.82) is 0 Å². The molecule has 1 aromatic carbocycles. The number of likely N-dealkylation sites (tertiary alicyclic amines) is 1. The summed E-state index contributed by atoms with van der Waals surface area (Å²) in [4.78, 5) is 23.9. The number of amides is 1. The monoisotopic (exact) mass is 548 g/mol. The van der Waals surface area contributed by atoms with Crippen molar-refractivity contribution in [3.8, 4) is 11.3 Å². The van der Waals surface area contributed by atoms with Crippen molar-refractivity contribution >= 4 is 23.1 Å². The van der Waals surface area contributed by atoms with Crippen LogP contribution in [0.3, 0.4) is 0 Å². The Balaban J connectivity index is 1.23. The van der Waals surface area contributed by atoms with Crippen LogP contribution in [-0.4, -0.2) is 57.4 Å². The number of alkyl halides is 2. The minimum atomic E-state index is -2.68. The molecule has 0 saturated carbocycles. The number of carbonyl (C=O) groups is 1. The number of imidazole rings is 1. The molecule has 1 amide bonds. The van der Waals surface area contributed by atoms with Crippen molar-refractivity contribution in [1.82, 2.24) is 24.6 Å². The van der Waals surface area contributed by atoms with Gasteiger partial charge in [0.2, 0.25) is 0 Å². The first-order valence-corrected chi connectivity index (χ1v) is 13.4. The summed E-state index contributed by atoms with van der Waals surface area (Å²) < 4.78 is 48.9. The molecular formula is C29H27F3N6O2. The van der Waals surface area contributed by atoms with Crippen LogP contribution >= 0.6 is 0 Å². The lowest BCUT2D eigenvalue weighted by Crippen LogP contribution is -2.26. The smallest absolute Gasteiger partial charge is 0.261 e. The molecule has 11 heteroatoms. The molecule has 206 valence electrons. The molecule has 4 aromatic rings. The van der Waals surface area contributed by atoms with E-state index in [1.165, 1.54) is 12.1 Å². The predicted octanol–water partition coefficient (Wildman–Crippen LogP) is 4.87. The molecule has 0 bridgehead atoms. The SMILES string of the molecule is O=C1NCc2c(-c3cnc4cc(F)ccn34)ccc(Nc3ccc(C4CCOC4)c(CN4CCC(F)(F)C4)n3)c21. The predicted molar refractivity (Wildman–Crippen MR) is 142 cm³/mol. The zero-order valence-electron chi connectivity index (χ0n) is 21.6. The minimum Gasteiger partial charge on any atom is -0.381 e. The van der Waals surface area contributed by atoms with Crippen LogP contribution in [0.5, 0.6) is 0 Å². The molecule has 0 aliphatic carbocycles. The van der Waals surface area contributed by atoms with Crippen LogP contribution in [0.2, 0.25) is 0 Å². The highest BCUT2D eigenvalue weighted by Gasteiger charge is 2.38. The third-order valence-corrected chi connectivity index (χ3v) is 7.98. The second kappa shape index (κ2) is 9.60. The molecule has 8 nitrogen and oxygen atoms in total. The first kappa shape index (κ1) is 25.0. The van der Waals surface area contributed by atoms with E-state index in [1.54, 1.807) is 21.7 Å². The molecule has 3 aliphatic heterocycles. The van der Waals surface area contributed by atoms with Gasteiger partial charge in [-0.2, -0.15) is 0 Å². The lowest BCUT2D eigenvalue weighted by Gasteiger charge is -2.21. The Bertz CT molecular complexity index is 1630. The molecule has 7 rings (SSSR count). The summed E-state index contributed by atoms with van der Waals surface area (Å²) >= 11 is 0. The topological polar surface area (TPSA) is 83.8 Å². The van der Waals surface area contributed by atoms with E-state index in [9.17, 15) is 18.0 Å². The Labute approximate surface area is 228 Å². The molecule has 3 aromatic heterocycles. The summed E-state index contributed by atoms with van der Waals surface area (Å²) in [5.74, 6) is -2.56. The maximum Gasteiger partial charge on any atom is 0.261 e. The van der Waals surface area contributed by atoms with E-state index in [4.69, 9.17) is 9.72 Å². The van der Waals surface area contributed by atoms with Crippen molar-refractivity contribution in [2.75, 3.05) is 31.6 Å². The average molecular weight is 549 g/mol. The van der Waals surface area contributed by atoms with Gasteiger partial charge in [0.1, 0.15) is 17.3 Å². The van der Waals surface area contributed by atoms with Gasteiger partial charge in [0.25, 0.3) is 11.8 Å².